The molecule has 3 rings (SSSR count). The van der Waals surface area contributed by atoms with Crippen LogP contribution >= 0.6 is 0 Å². The smallest absolute Gasteiger partial charge is 0.290 e. The maximum atomic E-state index is 11.6. The SMILES string of the molecule is O=C(NCc1ccc2c(c1)OCO2)c1ccno1. The highest BCUT2D eigenvalue weighted by Gasteiger charge is 2.14. The maximum absolute atomic E-state index is 11.6. The molecule has 0 saturated heterocycles. The highest BCUT2D eigenvalue weighted by Crippen LogP contribution is 2.32. The number of hydrogen-bond donors (Lipinski definition) is 1. The molecule has 0 saturated carbocycles. The molecule has 6 heteroatoms. The molecule has 1 aromatic carbocycles. The van der Waals surface area contributed by atoms with E-state index in [-0.39, 0.29) is 18.5 Å². The lowest BCUT2D eigenvalue weighted by Gasteiger charge is -2.04. The normalized spacial score (nSPS) is 12.4. The van der Waals surface area contributed by atoms with Crippen LogP contribution in [-0.2, 0) is 6.54 Å². The summed E-state index contributed by atoms with van der Waals surface area (Å²) in [5.41, 5.74) is 0.923. The van der Waals surface area contributed by atoms with Crippen LogP contribution in [0.15, 0.2) is 35.0 Å². The molecule has 6 nitrogen and oxygen atoms in total. The molecule has 0 fully saturated rings. The highest BCUT2D eigenvalue weighted by atomic mass is 16.7. The van der Waals surface area contributed by atoms with Crippen molar-refractivity contribution in [2.75, 3.05) is 6.79 Å². The molecule has 1 aliphatic rings. The standard InChI is InChI=1S/C12H10N2O4/c15-12(10-3-4-14-18-10)13-6-8-1-2-9-11(5-8)17-7-16-9/h1-5H,6-7H2,(H,13,15). The Morgan fingerprint density at radius 3 is 3.00 bits per heavy atom. The number of carbonyl (C=O) groups excluding carboxylic acids is 1. The van der Waals surface area contributed by atoms with E-state index in [1.807, 2.05) is 18.2 Å². The zero-order valence-electron chi connectivity index (χ0n) is 9.38. The van der Waals surface area contributed by atoms with Crippen molar-refractivity contribution in [3.63, 3.8) is 0 Å². The second-order valence-corrected chi connectivity index (χ2v) is 3.75. The second kappa shape index (κ2) is 4.40. The molecule has 18 heavy (non-hydrogen) atoms. The van der Waals surface area contributed by atoms with Crippen LogP contribution in [0.4, 0.5) is 0 Å². The molecular weight excluding hydrogens is 236 g/mol. The molecule has 0 aliphatic carbocycles. The number of nitrogens with zero attached hydrogens (tertiary/aromatic N) is 1. The molecule has 0 bridgehead atoms. The Labute approximate surface area is 102 Å². The molecule has 0 atom stereocenters. The van der Waals surface area contributed by atoms with Crippen molar-refractivity contribution in [1.29, 1.82) is 0 Å². The fourth-order valence-electron chi connectivity index (χ4n) is 1.65. The third-order valence-corrected chi connectivity index (χ3v) is 2.55. The van der Waals surface area contributed by atoms with Crippen LogP contribution in [0.1, 0.15) is 16.1 Å². The van der Waals surface area contributed by atoms with Gasteiger partial charge in [-0.25, -0.2) is 0 Å². The Morgan fingerprint density at radius 1 is 1.28 bits per heavy atom. The first-order chi connectivity index (χ1) is 8.83. The number of ether oxygens (including phenoxy) is 2. The topological polar surface area (TPSA) is 73.6 Å². The first-order valence-electron chi connectivity index (χ1n) is 5.40. The van der Waals surface area contributed by atoms with E-state index in [9.17, 15) is 4.79 Å². The molecule has 0 spiro atoms. The van der Waals surface area contributed by atoms with E-state index in [0.717, 1.165) is 11.3 Å². The molecule has 2 aromatic rings. The van der Waals surface area contributed by atoms with E-state index in [4.69, 9.17) is 14.0 Å². The number of rotatable bonds is 3. The van der Waals surface area contributed by atoms with Gasteiger partial charge < -0.3 is 19.3 Å². The second-order valence-electron chi connectivity index (χ2n) is 3.75. The van der Waals surface area contributed by atoms with Crippen molar-refractivity contribution in [1.82, 2.24) is 10.5 Å². The predicted molar refractivity (Wildman–Crippen MR) is 60.2 cm³/mol. The Bertz CT molecular complexity index is 565. The van der Waals surface area contributed by atoms with E-state index in [0.29, 0.717) is 12.3 Å². The number of benzene rings is 1. The fourth-order valence-corrected chi connectivity index (χ4v) is 1.65. The molecule has 0 unspecified atom stereocenters. The summed E-state index contributed by atoms with van der Waals surface area (Å²) < 4.78 is 15.2. The summed E-state index contributed by atoms with van der Waals surface area (Å²) in [5.74, 6) is 1.31. The minimum absolute atomic E-state index is 0.191. The lowest BCUT2D eigenvalue weighted by atomic mass is 10.2. The van der Waals surface area contributed by atoms with Gasteiger partial charge in [0.25, 0.3) is 5.91 Å². The van der Waals surface area contributed by atoms with Gasteiger partial charge in [0.15, 0.2) is 11.5 Å². The zero-order valence-corrected chi connectivity index (χ0v) is 9.38. The molecule has 1 N–H and O–H groups in total. The predicted octanol–water partition coefficient (Wildman–Crippen LogP) is 1.33. The molecule has 2 heterocycles. The van der Waals surface area contributed by atoms with Gasteiger partial charge in [-0.2, -0.15) is 0 Å². The molecule has 1 amide bonds. The van der Waals surface area contributed by atoms with Crippen LogP contribution in [0, 0.1) is 0 Å². The first-order valence-corrected chi connectivity index (χ1v) is 5.40. The van der Waals surface area contributed by atoms with Crippen LogP contribution < -0.4 is 14.8 Å². The van der Waals surface area contributed by atoms with E-state index in [1.54, 1.807) is 0 Å². The minimum Gasteiger partial charge on any atom is -0.454 e. The van der Waals surface area contributed by atoms with Crippen molar-refractivity contribution >= 4 is 5.91 Å². The number of nitrogens with one attached hydrogen (secondary N) is 1. The lowest BCUT2D eigenvalue weighted by molar-refractivity contribution is 0.0914. The summed E-state index contributed by atoms with van der Waals surface area (Å²) in [6.07, 6.45) is 1.43. The Morgan fingerprint density at radius 2 is 2.17 bits per heavy atom. The summed E-state index contributed by atoms with van der Waals surface area (Å²) in [7, 11) is 0. The Balaban J connectivity index is 1.65. The van der Waals surface area contributed by atoms with Gasteiger partial charge in [-0.3, -0.25) is 4.79 Å². The van der Waals surface area contributed by atoms with Crippen molar-refractivity contribution in [2.24, 2.45) is 0 Å². The summed E-state index contributed by atoms with van der Waals surface area (Å²) in [5, 5.41) is 6.20. The van der Waals surface area contributed by atoms with Crippen LogP contribution in [0.3, 0.4) is 0 Å². The monoisotopic (exact) mass is 246 g/mol. The fraction of sp³-hybridized carbons (Fsp3) is 0.167. The van der Waals surface area contributed by atoms with Crippen molar-refractivity contribution in [3.8, 4) is 11.5 Å². The lowest BCUT2D eigenvalue weighted by Crippen LogP contribution is -2.22. The van der Waals surface area contributed by atoms with E-state index in [1.165, 1.54) is 12.3 Å². The number of amides is 1. The van der Waals surface area contributed by atoms with Crippen LogP contribution in [0.5, 0.6) is 11.5 Å². The van der Waals surface area contributed by atoms with E-state index >= 15 is 0 Å². The number of hydrogen-bond acceptors (Lipinski definition) is 5. The van der Waals surface area contributed by atoms with Crippen molar-refractivity contribution in [3.05, 3.63) is 41.8 Å². The average Bonchev–Trinajstić information content (AvgIpc) is 3.05. The van der Waals surface area contributed by atoms with Gasteiger partial charge in [0.1, 0.15) is 0 Å². The van der Waals surface area contributed by atoms with Gasteiger partial charge in [-0.15, -0.1) is 0 Å². The van der Waals surface area contributed by atoms with Gasteiger partial charge >= 0.3 is 0 Å². The number of carbonyl (C=O) groups is 1. The van der Waals surface area contributed by atoms with Crippen LogP contribution in [0.25, 0.3) is 0 Å². The summed E-state index contributed by atoms with van der Waals surface area (Å²) >= 11 is 0. The summed E-state index contributed by atoms with van der Waals surface area (Å²) in [6, 6.07) is 7.03. The van der Waals surface area contributed by atoms with Gasteiger partial charge in [0.05, 0.1) is 6.20 Å². The first kappa shape index (κ1) is 10.6. The Hall–Kier alpha value is -2.50. The molecule has 1 aliphatic heterocycles. The van der Waals surface area contributed by atoms with Crippen LogP contribution in [0.2, 0.25) is 0 Å². The third-order valence-electron chi connectivity index (χ3n) is 2.55. The number of fused-ring (bicyclic) bond motifs is 1. The summed E-state index contributed by atoms with van der Waals surface area (Å²) in [4.78, 5) is 11.6. The summed E-state index contributed by atoms with van der Waals surface area (Å²) in [6.45, 7) is 0.624. The van der Waals surface area contributed by atoms with Gasteiger partial charge in [0, 0.05) is 12.6 Å². The average molecular weight is 246 g/mol. The third kappa shape index (κ3) is 2.00. The molecule has 1 aromatic heterocycles. The zero-order chi connectivity index (χ0) is 12.4. The largest absolute Gasteiger partial charge is 0.454 e. The minimum atomic E-state index is -0.301. The van der Waals surface area contributed by atoms with Gasteiger partial charge in [0.2, 0.25) is 12.6 Å². The molecule has 0 radical (unpaired) electrons. The van der Waals surface area contributed by atoms with Gasteiger partial charge in [-0.1, -0.05) is 11.2 Å². The number of aromatic nitrogens is 1. The quantitative estimate of drug-likeness (QED) is 0.884. The van der Waals surface area contributed by atoms with E-state index in [2.05, 4.69) is 10.5 Å². The molecular formula is C12H10N2O4. The molecule has 92 valence electrons. The van der Waals surface area contributed by atoms with Gasteiger partial charge in [-0.05, 0) is 17.7 Å². The highest BCUT2D eigenvalue weighted by molar-refractivity contribution is 5.91. The van der Waals surface area contributed by atoms with Crippen molar-refractivity contribution in [2.45, 2.75) is 6.54 Å². The van der Waals surface area contributed by atoms with Crippen molar-refractivity contribution < 1.29 is 18.8 Å². The van der Waals surface area contributed by atoms with Crippen LogP contribution in [-0.4, -0.2) is 17.9 Å². The maximum Gasteiger partial charge on any atom is 0.290 e. The Kier molecular flexibility index (Phi) is 2.60. The van der Waals surface area contributed by atoms with E-state index < -0.39 is 0 Å².